The van der Waals surface area contributed by atoms with Gasteiger partial charge >= 0.3 is 5.97 Å². The summed E-state index contributed by atoms with van der Waals surface area (Å²) in [6, 6.07) is 0. The predicted octanol–water partition coefficient (Wildman–Crippen LogP) is 1.57. The number of esters is 1. The quantitative estimate of drug-likeness (QED) is 0.777. The van der Waals surface area contributed by atoms with Crippen molar-refractivity contribution in [3.8, 4) is 0 Å². The summed E-state index contributed by atoms with van der Waals surface area (Å²) < 4.78 is 9.63. The maximum atomic E-state index is 11.3. The van der Waals surface area contributed by atoms with Crippen LogP contribution in [0.2, 0.25) is 0 Å². The molecule has 0 aliphatic carbocycles. The lowest BCUT2D eigenvalue weighted by Crippen LogP contribution is -2.04. The van der Waals surface area contributed by atoms with Gasteiger partial charge in [-0.25, -0.2) is 4.79 Å². The number of carbonyl (C=O) groups excluding carboxylic acids is 1. The van der Waals surface area contributed by atoms with Crippen LogP contribution in [-0.4, -0.2) is 20.2 Å². The molecule has 0 radical (unpaired) electrons. The van der Waals surface area contributed by atoms with Crippen molar-refractivity contribution in [2.75, 3.05) is 20.0 Å². The molecule has 0 fully saturated rings. The van der Waals surface area contributed by atoms with Crippen LogP contribution in [0.1, 0.15) is 20.8 Å². The van der Waals surface area contributed by atoms with Crippen molar-refractivity contribution in [3.05, 3.63) is 16.0 Å². The topological polar surface area (TPSA) is 61.5 Å². The van der Waals surface area contributed by atoms with Crippen LogP contribution in [0.5, 0.6) is 0 Å². The van der Waals surface area contributed by atoms with E-state index < -0.39 is 5.97 Å². The summed E-state index contributed by atoms with van der Waals surface area (Å²) in [4.78, 5) is 12.3. The molecule has 0 saturated heterocycles. The van der Waals surface area contributed by atoms with E-state index in [0.29, 0.717) is 17.2 Å². The van der Waals surface area contributed by atoms with Crippen LogP contribution >= 0.6 is 11.3 Å². The summed E-state index contributed by atoms with van der Waals surface area (Å²) in [7, 11) is 2.95. The molecule has 1 heterocycles. The molecule has 1 rings (SSSR count). The molecule has 1 aromatic heterocycles. The Morgan fingerprint density at radius 3 is 2.64 bits per heavy atom. The molecule has 0 aliphatic rings. The van der Waals surface area contributed by atoms with Crippen LogP contribution < -0.4 is 5.73 Å². The first-order valence-electron chi connectivity index (χ1n) is 4.06. The highest BCUT2D eigenvalue weighted by Gasteiger charge is 2.19. The van der Waals surface area contributed by atoms with Gasteiger partial charge < -0.3 is 15.2 Å². The molecular formula is C9H13NO3S. The Bertz CT molecular complexity index is 346. The Labute approximate surface area is 86.6 Å². The zero-order valence-electron chi connectivity index (χ0n) is 8.42. The molecule has 4 nitrogen and oxygen atoms in total. The Balaban J connectivity index is 3.11. The molecule has 0 unspecified atom stereocenters. The van der Waals surface area contributed by atoms with Crippen molar-refractivity contribution in [1.29, 1.82) is 0 Å². The summed E-state index contributed by atoms with van der Waals surface area (Å²) in [6.45, 7) is 2.31. The van der Waals surface area contributed by atoms with E-state index in [1.54, 1.807) is 7.11 Å². The molecule has 0 atom stereocenters. The first kappa shape index (κ1) is 11.0. The van der Waals surface area contributed by atoms with Crippen molar-refractivity contribution in [2.45, 2.75) is 13.5 Å². The van der Waals surface area contributed by atoms with Crippen LogP contribution in [0.4, 0.5) is 5.00 Å². The van der Waals surface area contributed by atoms with Crippen molar-refractivity contribution in [2.24, 2.45) is 0 Å². The molecule has 14 heavy (non-hydrogen) atoms. The average molecular weight is 215 g/mol. The van der Waals surface area contributed by atoms with Crippen LogP contribution in [0.25, 0.3) is 0 Å². The Kier molecular flexibility index (Phi) is 3.49. The number of thiophene rings is 1. The smallest absolute Gasteiger partial charge is 0.341 e. The maximum absolute atomic E-state index is 11.3. The summed E-state index contributed by atoms with van der Waals surface area (Å²) in [5.41, 5.74) is 7.02. The summed E-state index contributed by atoms with van der Waals surface area (Å²) in [5, 5.41) is 0.487. The molecule has 1 aromatic rings. The lowest BCUT2D eigenvalue weighted by Gasteiger charge is -2.00. The summed E-state index contributed by atoms with van der Waals surface area (Å²) in [6.07, 6.45) is 0. The van der Waals surface area contributed by atoms with Gasteiger partial charge in [-0.1, -0.05) is 0 Å². The number of hydrogen-bond acceptors (Lipinski definition) is 5. The van der Waals surface area contributed by atoms with E-state index in [4.69, 9.17) is 10.5 Å². The van der Waals surface area contributed by atoms with Crippen molar-refractivity contribution >= 4 is 22.3 Å². The largest absolute Gasteiger partial charge is 0.465 e. The average Bonchev–Trinajstić information content (AvgIpc) is 2.42. The molecule has 5 heteroatoms. The molecule has 0 amide bonds. The normalized spacial score (nSPS) is 10.2. The number of anilines is 1. The SMILES string of the molecule is COCc1sc(N)c(C(=O)OC)c1C. The van der Waals surface area contributed by atoms with E-state index in [1.807, 2.05) is 6.92 Å². The second kappa shape index (κ2) is 4.43. The van der Waals surface area contributed by atoms with Gasteiger partial charge in [0.05, 0.1) is 19.3 Å². The first-order chi connectivity index (χ1) is 6.61. The number of nitrogens with two attached hydrogens (primary N) is 1. The highest BCUT2D eigenvalue weighted by atomic mass is 32.1. The number of carbonyl (C=O) groups is 1. The maximum Gasteiger partial charge on any atom is 0.341 e. The van der Waals surface area contributed by atoms with E-state index in [0.717, 1.165) is 10.4 Å². The molecular weight excluding hydrogens is 202 g/mol. The summed E-state index contributed by atoms with van der Waals surface area (Å²) in [5.74, 6) is -0.390. The van der Waals surface area contributed by atoms with Crippen molar-refractivity contribution in [1.82, 2.24) is 0 Å². The molecule has 0 saturated carbocycles. The van der Waals surface area contributed by atoms with E-state index in [-0.39, 0.29) is 0 Å². The lowest BCUT2D eigenvalue weighted by molar-refractivity contribution is 0.0601. The van der Waals surface area contributed by atoms with E-state index in [1.165, 1.54) is 18.4 Å². The van der Waals surface area contributed by atoms with Crippen molar-refractivity contribution in [3.63, 3.8) is 0 Å². The van der Waals surface area contributed by atoms with Gasteiger partial charge in [-0.2, -0.15) is 0 Å². The van der Waals surface area contributed by atoms with Crippen LogP contribution in [-0.2, 0) is 16.1 Å². The van der Waals surface area contributed by atoms with Gasteiger partial charge in [-0.05, 0) is 12.5 Å². The van der Waals surface area contributed by atoms with Gasteiger partial charge in [0.2, 0.25) is 0 Å². The highest BCUT2D eigenvalue weighted by molar-refractivity contribution is 7.16. The molecule has 0 bridgehead atoms. The van der Waals surface area contributed by atoms with Crippen LogP contribution in [0.3, 0.4) is 0 Å². The molecule has 78 valence electrons. The third-order valence-corrected chi connectivity index (χ3v) is 3.03. The first-order valence-corrected chi connectivity index (χ1v) is 4.88. The number of rotatable bonds is 3. The number of methoxy groups -OCH3 is 2. The van der Waals surface area contributed by atoms with Crippen molar-refractivity contribution < 1.29 is 14.3 Å². The third kappa shape index (κ3) is 1.88. The second-order valence-corrected chi connectivity index (χ2v) is 3.95. The fraction of sp³-hybridized carbons (Fsp3) is 0.444. The second-order valence-electron chi connectivity index (χ2n) is 2.81. The van der Waals surface area contributed by atoms with Gasteiger partial charge in [0.15, 0.2) is 0 Å². The summed E-state index contributed by atoms with van der Waals surface area (Å²) >= 11 is 1.36. The number of hydrogen-bond donors (Lipinski definition) is 1. The fourth-order valence-electron chi connectivity index (χ4n) is 1.21. The Hall–Kier alpha value is -1.07. The molecule has 2 N–H and O–H groups in total. The minimum absolute atomic E-state index is 0.390. The third-order valence-electron chi connectivity index (χ3n) is 1.94. The highest BCUT2D eigenvalue weighted by Crippen LogP contribution is 2.31. The molecule has 0 spiro atoms. The zero-order valence-corrected chi connectivity index (χ0v) is 9.23. The minimum atomic E-state index is -0.390. The van der Waals surface area contributed by atoms with Gasteiger partial charge in [0, 0.05) is 12.0 Å². The van der Waals surface area contributed by atoms with Gasteiger partial charge in [0.25, 0.3) is 0 Å². The van der Waals surface area contributed by atoms with E-state index in [2.05, 4.69) is 4.74 Å². The molecule has 0 aliphatic heterocycles. The van der Waals surface area contributed by atoms with Crippen LogP contribution in [0.15, 0.2) is 0 Å². The zero-order chi connectivity index (χ0) is 10.7. The Morgan fingerprint density at radius 2 is 2.14 bits per heavy atom. The van der Waals surface area contributed by atoms with Gasteiger partial charge in [0.1, 0.15) is 5.00 Å². The standard InChI is InChI=1S/C9H13NO3S/c1-5-6(4-12-2)14-8(10)7(5)9(11)13-3/h4,10H2,1-3H3. The molecule has 0 aromatic carbocycles. The minimum Gasteiger partial charge on any atom is -0.465 e. The van der Waals surface area contributed by atoms with E-state index >= 15 is 0 Å². The van der Waals surface area contributed by atoms with Gasteiger partial charge in [-0.3, -0.25) is 0 Å². The fourth-order valence-corrected chi connectivity index (χ4v) is 2.24. The Morgan fingerprint density at radius 1 is 1.50 bits per heavy atom. The number of nitrogen functional groups attached to an aromatic ring is 1. The van der Waals surface area contributed by atoms with Gasteiger partial charge in [-0.15, -0.1) is 11.3 Å². The lowest BCUT2D eigenvalue weighted by atomic mass is 10.1. The van der Waals surface area contributed by atoms with Crippen LogP contribution in [0, 0.1) is 6.92 Å². The number of ether oxygens (including phenoxy) is 2. The predicted molar refractivity (Wildman–Crippen MR) is 55.5 cm³/mol. The monoisotopic (exact) mass is 215 g/mol. The van der Waals surface area contributed by atoms with E-state index in [9.17, 15) is 4.79 Å².